The Morgan fingerprint density at radius 1 is 0.974 bits per heavy atom. The molecule has 0 N–H and O–H groups in total. The third-order valence-electron chi connectivity index (χ3n) is 7.29. The summed E-state index contributed by atoms with van der Waals surface area (Å²) in [4.78, 5) is 32.0. The Bertz CT molecular complexity index is 1360. The maximum Gasteiger partial charge on any atom is 0.275 e. The van der Waals surface area contributed by atoms with Crippen molar-refractivity contribution in [3.05, 3.63) is 83.7 Å². The summed E-state index contributed by atoms with van der Waals surface area (Å²) in [6, 6.07) is 16.1. The van der Waals surface area contributed by atoms with Crippen molar-refractivity contribution < 1.29 is 18.4 Å². The zero-order valence-electron chi connectivity index (χ0n) is 21.6. The van der Waals surface area contributed by atoms with Crippen molar-refractivity contribution in [2.24, 2.45) is 0 Å². The summed E-state index contributed by atoms with van der Waals surface area (Å²) in [6.07, 6.45) is 2.52. The van der Waals surface area contributed by atoms with Gasteiger partial charge in [0.15, 0.2) is 0 Å². The number of allylic oxidation sites excluding steroid dienone is 1. The number of halogens is 2. The van der Waals surface area contributed by atoms with Gasteiger partial charge in [0.2, 0.25) is 5.91 Å². The summed E-state index contributed by atoms with van der Waals surface area (Å²) in [5, 5.41) is 4.45. The van der Waals surface area contributed by atoms with Crippen LogP contribution in [-0.2, 0) is 11.2 Å². The summed E-state index contributed by atoms with van der Waals surface area (Å²) < 4.78 is 32.9. The Morgan fingerprint density at radius 3 is 2.37 bits per heavy atom. The van der Waals surface area contributed by atoms with E-state index in [-0.39, 0.29) is 23.6 Å². The number of fused-ring (bicyclic) bond motifs is 1. The van der Waals surface area contributed by atoms with E-state index >= 15 is 8.78 Å². The van der Waals surface area contributed by atoms with Gasteiger partial charge >= 0.3 is 0 Å². The summed E-state index contributed by atoms with van der Waals surface area (Å²) in [5.74, 6) is -4.10. The first kappa shape index (κ1) is 25.8. The van der Waals surface area contributed by atoms with E-state index in [4.69, 9.17) is 0 Å². The number of anilines is 1. The standard InChI is InChI=1S/C29H31F2N5O2/c1-3-25-23(20-32-36(25)21-9-5-4-6-10-21)28(38)35-14-13-29(30,31)24(22-11-7-8-12-26(22)35)19-27(37)34-17-15-33(2)16-18-34/h4-12,19-20H,3,13-18H2,1-2H3. The van der Waals surface area contributed by atoms with Crippen molar-refractivity contribution in [3.63, 3.8) is 0 Å². The zero-order valence-corrected chi connectivity index (χ0v) is 21.6. The third kappa shape index (κ3) is 4.86. The number of rotatable bonds is 4. The highest BCUT2D eigenvalue weighted by molar-refractivity contribution is 6.09. The number of likely N-dealkylation sites (N-methyl/N-ethyl adjacent to an activating group) is 1. The fourth-order valence-electron chi connectivity index (χ4n) is 5.11. The van der Waals surface area contributed by atoms with Gasteiger partial charge in [0, 0.05) is 56.4 Å². The summed E-state index contributed by atoms with van der Waals surface area (Å²) in [6.45, 7) is 4.11. The van der Waals surface area contributed by atoms with Crippen LogP contribution in [0.25, 0.3) is 11.3 Å². The number of carbonyl (C=O) groups excluding carboxylic acids is 2. The molecular weight excluding hydrogens is 488 g/mol. The number of benzene rings is 2. The molecule has 1 aromatic heterocycles. The molecule has 0 atom stereocenters. The number of para-hydroxylation sites is 2. The first-order chi connectivity index (χ1) is 18.3. The highest BCUT2D eigenvalue weighted by Gasteiger charge is 2.42. The van der Waals surface area contributed by atoms with Crippen LogP contribution in [0.2, 0.25) is 0 Å². The van der Waals surface area contributed by atoms with Crippen LogP contribution in [0.1, 0.15) is 35.0 Å². The Kier molecular flexibility index (Phi) is 7.12. The maximum atomic E-state index is 15.6. The number of amides is 2. The lowest BCUT2D eigenvalue weighted by molar-refractivity contribution is -0.127. The van der Waals surface area contributed by atoms with E-state index in [2.05, 4.69) is 10.00 Å². The van der Waals surface area contributed by atoms with Gasteiger partial charge in [-0.1, -0.05) is 43.3 Å². The van der Waals surface area contributed by atoms with Crippen molar-refractivity contribution in [1.29, 1.82) is 0 Å². The molecule has 3 heterocycles. The zero-order chi connectivity index (χ0) is 26.9. The first-order valence-corrected chi connectivity index (χ1v) is 12.9. The van der Waals surface area contributed by atoms with Crippen molar-refractivity contribution in [2.45, 2.75) is 25.7 Å². The minimum atomic E-state index is -3.28. The highest BCUT2D eigenvalue weighted by Crippen LogP contribution is 2.43. The Morgan fingerprint density at radius 2 is 1.66 bits per heavy atom. The molecule has 1 saturated heterocycles. The molecule has 38 heavy (non-hydrogen) atoms. The molecule has 2 aliphatic rings. The van der Waals surface area contributed by atoms with Crippen LogP contribution in [0.5, 0.6) is 0 Å². The van der Waals surface area contributed by atoms with Crippen LogP contribution in [0.3, 0.4) is 0 Å². The Hall–Kier alpha value is -3.85. The number of aromatic nitrogens is 2. The lowest BCUT2D eigenvalue weighted by Crippen LogP contribution is -2.46. The van der Waals surface area contributed by atoms with Gasteiger partial charge in [-0.2, -0.15) is 5.10 Å². The summed E-state index contributed by atoms with van der Waals surface area (Å²) >= 11 is 0. The minimum Gasteiger partial charge on any atom is -0.337 e. The molecule has 7 nitrogen and oxygen atoms in total. The van der Waals surface area contributed by atoms with E-state index in [9.17, 15) is 9.59 Å². The molecule has 1 fully saturated rings. The molecule has 9 heteroatoms. The smallest absolute Gasteiger partial charge is 0.275 e. The van der Waals surface area contributed by atoms with E-state index < -0.39 is 18.3 Å². The van der Waals surface area contributed by atoms with Gasteiger partial charge in [-0.25, -0.2) is 13.5 Å². The average Bonchev–Trinajstić information content (AvgIpc) is 3.32. The summed E-state index contributed by atoms with van der Waals surface area (Å²) in [7, 11) is 1.97. The van der Waals surface area contributed by atoms with Gasteiger partial charge in [0.1, 0.15) is 0 Å². The van der Waals surface area contributed by atoms with Gasteiger partial charge in [-0.3, -0.25) is 9.59 Å². The fourth-order valence-corrected chi connectivity index (χ4v) is 5.11. The molecule has 0 bridgehead atoms. The fraction of sp³-hybridized carbons (Fsp3) is 0.345. The van der Waals surface area contributed by atoms with E-state index in [1.54, 1.807) is 33.8 Å². The van der Waals surface area contributed by atoms with Crippen molar-refractivity contribution in [2.75, 3.05) is 44.7 Å². The lowest BCUT2D eigenvalue weighted by atomic mass is 9.96. The van der Waals surface area contributed by atoms with Gasteiger partial charge < -0.3 is 14.7 Å². The minimum absolute atomic E-state index is 0.192. The Labute approximate surface area is 220 Å². The number of carbonyl (C=O) groups is 2. The van der Waals surface area contributed by atoms with Gasteiger partial charge in [-0.05, 0) is 31.7 Å². The second-order valence-electron chi connectivity index (χ2n) is 9.72. The number of hydrogen-bond donors (Lipinski definition) is 0. The maximum absolute atomic E-state index is 15.6. The van der Waals surface area contributed by atoms with Gasteiger partial charge in [-0.15, -0.1) is 0 Å². The Balaban J connectivity index is 1.53. The molecule has 2 aromatic carbocycles. The lowest BCUT2D eigenvalue weighted by Gasteiger charge is -2.32. The molecule has 2 amide bonds. The van der Waals surface area contributed by atoms with Gasteiger partial charge in [0.05, 0.1) is 28.8 Å². The molecule has 0 spiro atoms. The van der Waals surface area contributed by atoms with Crippen LogP contribution in [0.4, 0.5) is 14.5 Å². The molecule has 198 valence electrons. The largest absolute Gasteiger partial charge is 0.337 e. The second kappa shape index (κ2) is 10.5. The third-order valence-corrected chi connectivity index (χ3v) is 7.29. The predicted molar refractivity (Wildman–Crippen MR) is 143 cm³/mol. The molecule has 0 radical (unpaired) electrons. The first-order valence-electron chi connectivity index (χ1n) is 12.9. The van der Waals surface area contributed by atoms with E-state index in [1.807, 2.05) is 44.3 Å². The van der Waals surface area contributed by atoms with Crippen molar-refractivity contribution in [3.8, 4) is 5.69 Å². The molecule has 0 unspecified atom stereocenters. The SMILES string of the molecule is CCc1c(C(=O)N2CCC(F)(F)C(=CC(=O)N3CCN(C)CC3)c3ccccc32)cnn1-c1ccccc1. The molecule has 5 rings (SSSR count). The number of hydrogen-bond acceptors (Lipinski definition) is 4. The van der Waals surface area contributed by atoms with E-state index in [0.29, 0.717) is 49.5 Å². The highest BCUT2D eigenvalue weighted by atomic mass is 19.3. The molecule has 3 aromatic rings. The molecule has 0 aliphatic carbocycles. The van der Waals surface area contributed by atoms with Gasteiger partial charge in [0.25, 0.3) is 11.8 Å². The average molecular weight is 520 g/mol. The predicted octanol–water partition coefficient (Wildman–Crippen LogP) is 4.28. The topological polar surface area (TPSA) is 61.7 Å². The van der Waals surface area contributed by atoms with Crippen LogP contribution < -0.4 is 4.90 Å². The summed E-state index contributed by atoms with van der Waals surface area (Å²) in [5.41, 5.74) is 2.11. The number of nitrogens with zero attached hydrogens (tertiary/aromatic N) is 5. The van der Waals surface area contributed by atoms with Crippen LogP contribution in [0, 0.1) is 0 Å². The van der Waals surface area contributed by atoms with Crippen LogP contribution >= 0.6 is 0 Å². The number of alkyl halides is 2. The van der Waals surface area contributed by atoms with Crippen LogP contribution in [0.15, 0.2) is 66.9 Å². The van der Waals surface area contributed by atoms with Crippen LogP contribution in [-0.4, -0.2) is 77.1 Å². The van der Waals surface area contributed by atoms with E-state index in [0.717, 1.165) is 11.8 Å². The molecular formula is C29H31F2N5O2. The monoisotopic (exact) mass is 519 g/mol. The quantitative estimate of drug-likeness (QED) is 0.483. The molecule has 0 saturated carbocycles. The second-order valence-corrected chi connectivity index (χ2v) is 9.72. The van der Waals surface area contributed by atoms with Crippen molar-refractivity contribution >= 4 is 23.1 Å². The van der Waals surface area contributed by atoms with E-state index in [1.165, 1.54) is 11.1 Å². The molecule has 2 aliphatic heterocycles. The van der Waals surface area contributed by atoms with Crippen molar-refractivity contribution in [1.82, 2.24) is 19.6 Å². The number of piperazine rings is 1. The normalized spacial score (nSPS) is 18.8.